The van der Waals surface area contributed by atoms with Gasteiger partial charge >= 0.3 is 0 Å². The van der Waals surface area contributed by atoms with Gasteiger partial charge in [0.2, 0.25) is 0 Å². The highest BCUT2D eigenvalue weighted by atomic mass is 35.5. The standard InChI is InChI=1S/C12H13ClFN3O2/c1-7(2)17-9(4-6-16-17)11-10(12(13,18)19)8(14)3-5-15-11/h3-7,18-19H,1-2H3. The molecule has 0 aromatic carbocycles. The van der Waals surface area contributed by atoms with Gasteiger partial charge in [-0.05, 0) is 26.0 Å². The van der Waals surface area contributed by atoms with Crippen molar-refractivity contribution < 1.29 is 14.6 Å². The van der Waals surface area contributed by atoms with Crippen LogP contribution in [0.5, 0.6) is 0 Å². The average Bonchev–Trinajstić information content (AvgIpc) is 2.75. The van der Waals surface area contributed by atoms with E-state index in [1.807, 2.05) is 13.8 Å². The van der Waals surface area contributed by atoms with Gasteiger partial charge < -0.3 is 10.2 Å². The topological polar surface area (TPSA) is 71.2 Å². The number of aromatic nitrogens is 3. The van der Waals surface area contributed by atoms with E-state index in [4.69, 9.17) is 11.6 Å². The third kappa shape index (κ3) is 2.60. The number of aliphatic hydroxyl groups is 2. The molecule has 0 aliphatic heterocycles. The van der Waals surface area contributed by atoms with Gasteiger partial charge in [-0.15, -0.1) is 0 Å². The van der Waals surface area contributed by atoms with E-state index < -0.39 is 16.6 Å². The first-order valence-corrected chi connectivity index (χ1v) is 6.02. The summed E-state index contributed by atoms with van der Waals surface area (Å²) >= 11 is 5.42. The summed E-state index contributed by atoms with van der Waals surface area (Å²) in [6.45, 7) is 3.78. The minimum absolute atomic E-state index is 0.00466. The molecule has 0 bridgehead atoms. The lowest BCUT2D eigenvalue weighted by Gasteiger charge is -2.19. The highest BCUT2D eigenvalue weighted by molar-refractivity contribution is 6.22. The van der Waals surface area contributed by atoms with Crippen molar-refractivity contribution in [1.29, 1.82) is 0 Å². The second-order valence-corrected chi connectivity index (χ2v) is 4.89. The maximum atomic E-state index is 13.8. The monoisotopic (exact) mass is 285 g/mol. The molecule has 2 heterocycles. The van der Waals surface area contributed by atoms with Crippen molar-refractivity contribution in [2.24, 2.45) is 0 Å². The molecule has 0 spiro atoms. The molecule has 0 atom stereocenters. The first-order chi connectivity index (χ1) is 8.82. The van der Waals surface area contributed by atoms with E-state index >= 15 is 0 Å². The summed E-state index contributed by atoms with van der Waals surface area (Å²) in [5, 5.41) is 20.2. The fourth-order valence-corrected chi connectivity index (χ4v) is 2.03. The van der Waals surface area contributed by atoms with Crippen LogP contribution < -0.4 is 0 Å². The van der Waals surface area contributed by atoms with Crippen molar-refractivity contribution in [3.05, 3.63) is 35.9 Å². The highest BCUT2D eigenvalue weighted by Gasteiger charge is 2.32. The summed E-state index contributed by atoms with van der Waals surface area (Å²) in [4.78, 5) is 3.99. The second-order valence-electron chi connectivity index (χ2n) is 4.36. The molecule has 0 fully saturated rings. The van der Waals surface area contributed by atoms with Crippen LogP contribution in [-0.2, 0) is 5.25 Å². The molecule has 0 amide bonds. The number of halogens is 2. The van der Waals surface area contributed by atoms with E-state index in [1.54, 1.807) is 10.7 Å². The molecule has 0 aliphatic carbocycles. The molecular weight excluding hydrogens is 273 g/mol. The van der Waals surface area contributed by atoms with E-state index in [0.29, 0.717) is 5.69 Å². The van der Waals surface area contributed by atoms with Crippen LogP contribution in [0, 0.1) is 5.82 Å². The zero-order chi connectivity index (χ0) is 14.2. The van der Waals surface area contributed by atoms with Crippen molar-refractivity contribution >= 4 is 11.6 Å². The van der Waals surface area contributed by atoms with Gasteiger partial charge in [-0.25, -0.2) is 4.39 Å². The van der Waals surface area contributed by atoms with Crippen molar-refractivity contribution in [2.75, 3.05) is 0 Å². The number of alkyl halides is 1. The van der Waals surface area contributed by atoms with Crippen LogP contribution in [-0.4, -0.2) is 25.0 Å². The fourth-order valence-electron chi connectivity index (χ4n) is 1.85. The Morgan fingerprint density at radius 1 is 1.32 bits per heavy atom. The Labute approximate surface area is 114 Å². The van der Waals surface area contributed by atoms with Gasteiger partial charge in [0.1, 0.15) is 11.5 Å². The predicted octanol–water partition coefficient (Wildman–Crippen LogP) is 2.00. The Hall–Kier alpha value is -1.50. The van der Waals surface area contributed by atoms with E-state index in [1.165, 1.54) is 12.4 Å². The minimum atomic E-state index is -2.83. The minimum Gasteiger partial charge on any atom is -0.349 e. The molecule has 19 heavy (non-hydrogen) atoms. The van der Waals surface area contributed by atoms with Crippen LogP contribution in [0.1, 0.15) is 25.5 Å². The van der Waals surface area contributed by atoms with Crippen LogP contribution in [0.2, 0.25) is 0 Å². The van der Waals surface area contributed by atoms with Gasteiger partial charge in [-0.3, -0.25) is 9.67 Å². The molecular formula is C12H13ClFN3O2. The quantitative estimate of drug-likeness (QED) is 0.668. The molecule has 0 saturated carbocycles. The zero-order valence-electron chi connectivity index (χ0n) is 10.4. The van der Waals surface area contributed by atoms with Gasteiger partial charge in [0.25, 0.3) is 5.25 Å². The maximum Gasteiger partial charge on any atom is 0.276 e. The van der Waals surface area contributed by atoms with Gasteiger partial charge in [0.15, 0.2) is 0 Å². The maximum absolute atomic E-state index is 13.8. The van der Waals surface area contributed by atoms with Crippen LogP contribution >= 0.6 is 11.6 Å². The Bertz CT molecular complexity index is 593. The summed E-state index contributed by atoms with van der Waals surface area (Å²) in [6, 6.07) is 2.62. The summed E-state index contributed by atoms with van der Waals surface area (Å²) < 4.78 is 15.4. The Morgan fingerprint density at radius 2 is 2.00 bits per heavy atom. The van der Waals surface area contributed by atoms with E-state index in [2.05, 4.69) is 10.1 Å². The number of rotatable bonds is 3. The van der Waals surface area contributed by atoms with Crippen molar-refractivity contribution in [2.45, 2.75) is 25.1 Å². The van der Waals surface area contributed by atoms with Crippen LogP contribution in [0.25, 0.3) is 11.4 Å². The summed E-state index contributed by atoms with van der Waals surface area (Å²) in [5.74, 6) is -0.846. The smallest absolute Gasteiger partial charge is 0.276 e. The lowest BCUT2D eigenvalue weighted by molar-refractivity contribution is -0.0922. The molecule has 0 radical (unpaired) electrons. The molecule has 5 nitrogen and oxygen atoms in total. The first-order valence-electron chi connectivity index (χ1n) is 5.65. The molecule has 2 rings (SSSR count). The van der Waals surface area contributed by atoms with Crippen LogP contribution in [0.4, 0.5) is 4.39 Å². The van der Waals surface area contributed by atoms with Crippen molar-refractivity contribution in [3.8, 4) is 11.4 Å². The van der Waals surface area contributed by atoms with Crippen molar-refractivity contribution in [1.82, 2.24) is 14.8 Å². The highest BCUT2D eigenvalue weighted by Crippen LogP contribution is 2.33. The fraction of sp³-hybridized carbons (Fsp3) is 0.333. The summed E-state index contributed by atoms with van der Waals surface area (Å²) in [6.07, 6.45) is 2.75. The number of hydrogen-bond donors (Lipinski definition) is 2. The molecule has 0 unspecified atom stereocenters. The second kappa shape index (κ2) is 4.88. The Kier molecular flexibility index (Phi) is 3.58. The lowest BCUT2D eigenvalue weighted by Crippen LogP contribution is -2.21. The van der Waals surface area contributed by atoms with Crippen molar-refractivity contribution in [3.63, 3.8) is 0 Å². The molecule has 0 saturated heterocycles. The Morgan fingerprint density at radius 3 is 2.58 bits per heavy atom. The third-order valence-corrected chi connectivity index (χ3v) is 2.81. The number of pyridine rings is 1. The average molecular weight is 286 g/mol. The lowest BCUT2D eigenvalue weighted by atomic mass is 10.1. The summed E-state index contributed by atoms with van der Waals surface area (Å²) in [7, 11) is 0. The molecule has 7 heteroatoms. The van der Waals surface area contributed by atoms with Gasteiger partial charge in [0, 0.05) is 18.4 Å². The Balaban J connectivity index is 2.70. The van der Waals surface area contributed by atoms with E-state index in [9.17, 15) is 14.6 Å². The third-order valence-electron chi connectivity index (χ3n) is 2.62. The predicted molar refractivity (Wildman–Crippen MR) is 67.8 cm³/mol. The first kappa shape index (κ1) is 13.9. The van der Waals surface area contributed by atoms with Gasteiger partial charge in [0.05, 0.1) is 11.3 Å². The van der Waals surface area contributed by atoms with Crippen LogP contribution in [0.3, 0.4) is 0 Å². The normalized spacial score (nSPS) is 12.2. The number of hydrogen-bond acceptors (Lipinski definition) is 4. The summed E-state index contributed by atoms with van der Waals surface area (Å²) in [5.41, 5.74) is 0.0166. The van der Waals surface area contributed by atoms with Crippen LogP contribution in [0.15, 0.2) is 24.5 Å². The molecule has 0 aliphatic rings. The van der Waals surface area contributed by atoms with Gasteiger partial charge in [-0.2, -0.15) is 5.10 Å². The van der Waals surface area contributed by atoms with E-state index in [0.717, 1.165) is 6.07 Å². The molecule has 2 aromatic heterocycles. The van der Waals surface area contributed by atoms with Gasteiger partial charge in [-0.1, -0.05) is 11.6 Å². The molecule has 102 valence electrons. The molecule has 2 aromatic rings. The zero-order valence-corrected chi connectivity index (χ0v) is 11.1. The number of nitrogens with zero attached hydrogens (tertiary/aromatic N) is 3. The largest absolute Gasteiger partial charge is 0.349 e. The SMILES string of the molecule is CC(C)n1nccc1-c1nccc(F)c1C(O)(O)Cl. The van der Waals surface area contributed by atoms with E-state index in [-0.39, 0.29) is 11.7 Å². The molecule has 2 N–H and O–H groups in total.